The smallest absolute Gasteiger partial charge is 0.303 e. The quantitative estimate of drug-likeness (QED) is 0.761. The average molecular weight is 193 g/mol. The molecule has 0 spiro atoms. The number of hydrogen-bond donors (Lipinski definition) is 2. The summed E-state index contributed by atoms with van der Waals surface area (Å²) in [5.41, 5.74) is 8.83. The second kappa shape index (κ2) is 4.77. The molecule has 0 saturated carbocycles. The number of hydrogen-bond acceptors (Lipinski definition) is 2. The molecule has 14 heavy (non-hydrogen) atoms. The van der Waals surface area contributed by atoms with E-state index in [2.05, 4.69) is 0 Å². The zero-order valence-corrected chi connectivity index (χ0v) is 8.29. The van der Waals surface area contributed by atoms with Gasteiger partial charge in [-0.25, -0.2) is 0 Å². The summed E-state index contributed by atoms with van der Waals surface area (Å²) in [5, 5.41) is 8.56. The summed E-state index contributed by atoms with van der Waals surface area (Å²) in [6.07, 6.45) is 0.720. The van der Waals surface area contributed by atoms with Gasteiger partial charge in [0.15, 0.2) is 0 Å². The lowest BCUT2D eigenvalue weighted by Gasteiger charge is -2.07. The van der Waals surface area contributed by atoms with Crippen molar-refractivity contribution in [1.29, 1.82) is 0 Å². The van der Waals surface area contributed by atoms with E-state index >= 15 is 0 Å². The van der Waals surface area contributed by atoms with Crippen LogP contribution in [0.1, 0.15) is 23.1 Å². The van der Waals surface area contributed by atoms with Crippen LogP contribution < -0.4 is 5.73 Å². The number of aryl methyl sites for hydroxylation is 2. The van der Waals surface area contributed by atoms with E-state index in [0.717, 1.165) is 16.7 Å². The molecule has 0 fully saturated rings. The molecule has 76 valence electrons. The minimum absolute atomic E-state index is 0.163. The van der Waals surface area contributed by atoms with Gasteiger partial charge in [0.05, 0.1) is 0 Å². The Morgan fingerprint density at radius 2 is 2.14 bits per heavy atom. The summed E-state index contributed by atoms with van der Waals surface area (Å²) >= 11 is 0. The van der Waals surface area contributed by atoms with Crippen molar-refractivity contribution >= 4 is 5.97 Å². The summed E-state index contributed by atoms with van der Waals surface area (Å²) in [7, 11) is 0. The van der Waals surface area contributed by atoms with Gasteiger partial charge >= 0.3 is 5.97 Å². The van der Waals surface area contributed by atoms with Crippen LogP contribution in [0.2, 0.25) is 0 Å². The van der Waals surface area contributed by atoms with Gasteiger partial charge in [-0.05, 0) is 24.5 Å². The van der Waals surface area contributed by atoms with E-state index in [9.17, 15) is 4.79 Å². The first kappa shape index (κ1) is 10.7. The Balaban J connectivity index is 2.80. The van der Waals surface area contributed by atoms with Gasteiger partial charge in [0, 0.05) is 13.0 Å². The minimum Gasteiger partial charge on any atom is -0.481 e. The lowest BCUT2D eigenvalue weighted by atomic mass is 10.0. The third kappa shape index (κ3) is 2.85. The lowest BCUT2D eigenvalue weighted by Crippen LogP contribution is -2.04. The van der Waals surface area contributed by atoms with Crippen molar-refractivity contribution < 1.29 is 9.90 Å². The Hall–Kier alpha value is -1.35. The molecule has 0 aliphatic carbocycles. The Morgan fingerprint density at radius 3 is 2.71 bits per heavy atom. The molecule has 0 bridgehead atoms. The monoisotopic (exact) mass is 193 g/mol. The lowest BCUT2D eigenvalue weighted by molar-refractivity contribution is -0.136. The standard InChI is InChI=1S/C11H15NO2/c1-8-2-3-9(4-5-11(13)14)10(6-8)7-12/h2-3,6H,4-5,7,12H2,1H3,(H,13,14). The summed E-state index contributed by atoms with van der Waals surface area (Å²) in [5.74, 6) is -0.770. The molecule has 1 rings (SSSR count). The van der Waals surface area contributed by atoms with Crippen molar-refractivity contribution in [1.82, 2.24) is 0 Å². The van der Waals surface area contributed by atoms with Gasteiger partial charge < -0.3 is 10.8 Å². The minimum atomic E-state index is -0.770. The first-order valence-electron chi connectivity index (χ1n) is 4.63. The second-order valence-electron chi connectivity index (χ2n) is 3.37. The highest BCUT2D eigenvalue weighted by atomic mass is 16.4. The largest absolute Gasteiger partial charge is 0.481 e. The van der Waals surface area contributed by atoms with Crippen LogP contribution in [-0.2, 0) is 17.8 Å². The number of benzene rings is 1. The topological polar surface area (TPSA) is 63.3 Å². The number of aliphatic carboxylic acids is 1. The fraction of sp³-hybridized carbons (Fsp3) is 0.364. The van der Waals surface area contributed by atoms with Gasteiger partial charge in [-0.15, -0.1) is 0 Å². The highest BCUT2D eigenvalue weighted by Crippen LogP contribution is 2.13. The molecular formula is C11H15NO2. The molecule has 0 aliphatic heterocycles. The van der Waals surface area contributed by atoms with Crippen LogP contribution in [0.4, 0.5) is 0 Å². The van der Waals surface area contributed by atoms with E-state index in [4.69, 9.17) is 10.8 Å². The first-order chi connectivity index (χ1) is 6.63. The van der Waals surface area contributed by atoms with Gasteiger partial charge in [-0.3, -0.25) is 4.79 Å². The van der Waals surface area contributed by atoms with Crippen LogP contribution in [-0.4, -0.2) is 11.1 Å². The van der Waals surface area contributed by atoms with Gasteiger partial charge in [0.1, 0.15) is 0 Å². The van der Waals surface area contributed by atoms with Crippen molar-refractivity contribution in [2.24, 2.45) is 5.73 Å². The molecule has 0 amide bonds. The highest BCUT2D eigenvalue weighted by molar-refractivity contribution is 5.67. The van der Waals surface area contributed by atoms with Crippen molar-refractivity contribution in [2.45, 2.75) is 26.3 Å². The number of rotatable bonds is 4. The number of carboxylic acids is 1. The van der Waals surface area contributed by atoms with Crippen LogP contribution in [0.3, 0.4) is 0 Å². The summed E-state index contributed by atoms with van der Waals surface area (Å²) in [6, 6.07) is 5.95. The van der Waals surface area contributed by atoms with E-state index in [0.29, 0.717) is 13.0 Å². The van der Waals surface area contributed by atoms with Gasteiger partial charge in [0.2, 0.25) is 0 Å². The first-order valence-corrected chi connectivity index (χ1v) is 4.63. The summed E-state index contributed by atoms with van der Waals surface area (Å²) in [4.78, 5) is 10.4. The molecule has 1 aromatic rings. The molecule has 3 N–H and O–H groups in total. The third-order valence-electron chi connectivity index (χ3n) is 2.19. The highest BCUT2D eigenvalue weighted by Gasteiger charge is 2.03. The van der Waals surface area contributed by atoms with Crippen molar-refractivity contribution in [3.8, 4) is 0 Å². The van der Waals surface area contributed by atoms with E-state index in [1.165, 1.54) is 0 Å². The molecular weight excluding hydrogens is 178 g/mol. The molecule has 0 radical (unpaired) electrons. The van der Waals surface area contributed by atoms with Crippen molar-refractivity contribution in [2.75, 3.05) is 0 Å². The molecule has 1 aromatic carbocycles. The maximum Gasteiger partial charge on any atom is 0.303 e. The van der Waals surface area contributed by atoms with Crippen LogP contribution in [0.25, 0.3) is 0 Å². The van der Waals surface area contributed by atoms with Crippen LogP contribution in [0, 0.1) is 6.92 Å². The van der Waals surface area contributed by atoms with Gasteiger partial charge in [-0.2, -0.15) is 0 Å². The predicted octanol–water partition coefficient (Wildman–Crippen LogP) is 1.47. The van der Waals surface area contributed by atoms with Crippen molar-refractivity contribution in [3.63, 3.8) is 0 Å². The van der Waals surface area contributed by atoms with Gasteiger partial charge in [-0.1, -0.05) is 23.8 Å². The molecule has 0 saturated heterocycles. The Labute approximate surface area is 83.6 Å². The van der Waals surface area contributed by atoms with Crippen LogP contribution in [0.5, 0.6) is 0 Å². The maximum atomic E-state index is 10.4. The molecule has 0 aromatic heterocycles. The predicted molar refractivity (Wildman–Crippen MR) is 55.0 cm³/mol. The normalized spacial score (nSPS) is 10.1. The van der Waals surface area contributed by atoms with Crippen LogP contribution in [0.15, 0.2) is 18.2 Å². The fourth-order valence-electron chi connectivity index (χ4n) is 1.43. The van der Waals surface area contributed by atoms with E-state index in [1.54, 1.807) is 0 Å². The van der Waals surface area contributed by atoms with Crippen molar-refractivity contribution in [3.05, 3.63) is 34.9 Å². The zero-order chi connectivity index (χ0) is 10.6. The Bertz CT molecular complexity index is 334. The molecule has 0 unspecified atom stereocenters. The molecule has 0 heterocycles. The third-order valence-corrected chi connectivity index (χ3v) is 2.19. The molecule has 3 heteroatoms. The van der Waals surface area contributed by atoms with E-state index in [-0.39, 0.29) is 6.42 Å². The SMILES string of the molecule is Cc1ccc(CCC(=O)O)c(CN)c1. The molecule has 0 atom stereocenters. The van der Waals surface area contributed by atoms with Gasteiger partial charge in [0.25, 0.3) is 0 Å². The molecule has 3 nitrogen and oxygen atoms in total. The second-order valence-corrected chi connectivity index (χ2v) is 3.37. The zero-order valence-electron chi connectivity index (χ0n) is 8.29. The van der Waals surface area contributed by atoms with E-state index < -0.39 is 5.97 Å². The summed E-state index contributed by atoms with van der Waals surface area (Å²) in [6.45, 7) is 2.47. The number of carboxylic acid groups (broad SMARTS) is 1. The Kier molecular flexibility index (Phi) is 3.65. The number of nitrogens with two attached hydrogens (primary N) is 1. The van der Waals surface area contributed by atoms with Crippen LogP contribution >= 0.6 is 0 Å². The van der Waals surface area contributed by atoms with E-state index in [1.807, 2.05) is 25.1 Å². The average Bonchev–Trinajstić information content (AvgIpc) is 2.15. The maximum absolute atomic E-state index is 10.4. The number of carbonyl (C=O) groups is 1. The fourth-order valence-corrected chi connectivity index (χ4v) is 1.43. The summed E-state index contributed by atoms with van der Waals surface area (Å²) < 4.78 is 0. The Morgan fingerprint density at radius 1 is 1.43 bits per heavy atom. The molecule has 0 aliphatic rings.